The minimum atomic E-state index is -4.54. The van der Waals surface area contributed by atoms with E-state index >= 15 is 0 Å². The molecule has 312 valence electrons. The first-order chi connectivity index (χ1) is 27.0. The molecule has 2 heterocycles. The van der Waals surface area contributed by atoms with Crippen LogP contribution in [0.15, 0.2) is 48.7 Å². The highest BCUT2D eigenvalue weighted by Crippen LogP contribution is 2.35. The maximum Gasteiger partial charge on any atom is 0.420 e. The molecule has 2 aromatic carbocycles. The number of alkyl halides is 3. The lowest BCUT2D eigenvalue weighted by Crippen LogP contribution is -2.52. The summed E-state index contributed by atoms with van der Waals surface area (Å²) in [5.41, 5.74) is 0.322. The normalized spacial score (nSPS) is 16.7. The summed E-state index contributed by atoms with van der Waals surface area (Å²) in [5.74, 6) is -1.23. The number of fused-ring (bicyclic) bond motifs is 1. The van der Waals surface area contributed by atoms with Crippen molar-refractivity contribution in [2.24, 2.45) is 7.05 Å². The first-order valence-corrected chi connectivity index (χ1v) is 19.0. The van der Waals surface area contributed by atoms with Gasteiger partial charge in [-0.05, 0) is 110 Å². The van der Waals surface area contributed by atoms with Crippen LogP contribution in [0, 0.1) is 0 Å². The number of hydrogen-bond donors (Lipinski definition) is 2. The standard InChI is InChI=1S/C41H50F3N7O7/c1-10-24-18-26(31-21-32(48-49(31)9)46-34(52)23(2)25-12-11-13-28(20-25)41(42,43)44)19-27-22-45-35(47-33(24)27)50(36(53)54)29-14-16-30(17-15-29)51(37(55)57-39(3,4)5)38(56)58-40(6,7)8/h11-13,18-23,29-30H,10,14-17H2,1-9H3,(H,53,54)(H,46,48,52)/t23?,29-,30-. The van der Waals surface area contributed by atoms with Crippen LogP contribution in [-0.2, 0) is 33.9 Å². The Labute approximate surface area is 334 Å². The van der Waals surface area contributed by atoms with Gasteiger partial charge in [-0.3, -0.25) is 9.48 Å². The molecule has 2 aromatic heterocycles. The van der Waals surface area contributed by atoms with E-state index in [2.05, 4.69) is 15.4 Å². The lowest BCUT2D eigenvalue weighted by Gasteiger charge is -2.38. The number of anilines is 2. The van der Waals surface area contributed by atoms with E-state index < -0.39 is 65.1 Å². The third-order valence-corrected chi connectivity index (χ3v) is 9.66. The molecule has 0 saturated heterocycles. The predicted octanol–water partition coefficient (Wildman–Crippen LogP) is 9.32. The fourth-order valence-electron chi connectivity index (χ4n) is 6.89. The van der Waals surface area contributed by atoms with Gasteiger partial charge in [-0.25, -0.2) is 34.2 Å². The number of ether oxygens (including phenoxy) is 2. The Morgan fingerprint density at radius 1 is 0.931 bits per heavy atom. The topological polar surface area (TPSA) is 169 Å². The van der Waals surface area contributed by atoms with E-state index in [1.165, 1.54) is 19.1 Å². The van der Waals surface area contributed by atoms with Gasteiger partial charge in [0.2, 0.25) is 11.9 Å². The number of carbonyl (C=O) groups is 4. The molecule has 1 unspecified atom stereocenters. The van der Waals surface area contributed by atoms with Gasteiger partial charge in [0.25, 0.3) is 0 Å². The lowest BCUT2D eigenvalue weighted by molar-refractivity contribution is -0.137. The van der Waals surface area contributed by atoms with Crippen molar-refractivity contribution in [2.75, 3.05) is 10.2 Å². The van der Waals surface area contributed by atoms with Crippen LogP contribution in [0.1, 0.15) is 104 Å². The second kappa shape index (κ2) is 16.6. The first-order valence-electron chi connectivity index (χ1n) is 19.0. The molecule has 58 heavy (non-hydrogen) atoms. The number of aryl methyl sites for hydroxylation is 2. The fraction of sp³-hybridized carbons (Fsp3) is 0.488. The van der Waals surface area contributed by atoms with E-state index in [1.54, 1.807) is 65.5 Å². The molecular weight excluding hydrogens is 759 g/mol. The molecular formula is C41H50F3N7O7. The summed E-state index contributed by atoms with van der Waals surface area (Å²) >= 11 is 0. The van der Waals surface area contributed by atoms with Crippen LogP contribution in [-0.4, -0.2) is 77.2 Å². The Bertz CT molecular complexity index is 2160. The number of imide groups is 1. The van der Waals surface area contributed by atoms with Crippen molar-refractivity contribution in [3.8, 4) is 11.3 Å². The van der Waals surface area contributed by atoms with Crippen LogP contribution in [0.2, 0.25) is 0 Å². The third-order valence-electron chi connectivity index (χ3n) is 9.66. The minimum Gasteiger partial charge on any atom is -0.465 e. The van der Waals surface area contributed by atoms with Crippen molar-refractivity contribution >= 4 is 46.9 Å². The highest BCUT2D eigenvalue weighted by Gasteiger charge is 2.41. The highest BCUT2D eigenvalue weighted by molar-refractivity contribution is 5.96. The number of hydrogen-bond acceptors (Lipinski definition) is 9. The number of carbonyl (C=O) groups excluding carboxylic acids is 3. The summed E-state index contributed by atoms with van der Waals surface area (Å²) in [5, 5.41) is 18.2. The number of nitrogens with zero attached hydrogens (tertiary/aromatic N) is 6. The molecule has 4 amide bonds. The first kappa shape index (κ1) is 43.4. The Morgan fingerprint density at radius 3 is 2.09 bits per heavy atom. The zero-order valence-corrected chi connectivity index (χ0v) is 34.1. The van der Waals surface area contributed by atoms with Crippen LogP contribution in [0.3, 0.4) is 0 Å². The average molecular weight is 810 g/mol. The fourth-order valence-corrected chi connectivity index (χ4v) is 6.89. The van der Waals surface area contributed by atoms with Crippen LogP contribution in [0.25, 0.3) is 22.2 Å². The van der Waals surface area contributed by atoms with Gasteiger partial charge < -0.3 is 19.9 Å². The Morgan fingerprint density at radius 2 is 1.53 bits per heavy atom. The molecule has 1 aliphatic rings. The molecule has 4 aromatic rings. The van der Waals surface area contributed by atoms with Crippen molar-refractivity contribution in [2.45, 2.75) is 123 Å². The van der Waals surface area contributed by atoms with Gasteiger partial charge in [-0.2, -0.15) is 18.3 Å². The van der Waals surface area contributed by atoms with Crippen molar-refractivity contribution in [1.82, 2.24) is 24.6 Å². The predicted molar refractivity (Wildman–Crippen MR) is 210 cm³/mol. The molecule has 14 nitrogen and oxygen atoms in total. The number of halogens is 3. The van der Waals surface area contributed by atoms with Gasteiger partial charge in [0.05, 0.1) is 22.7 Å². The number of amides is 4. The zero-order chi connectivity index (χ0) is 42.9. The van der Waals surface area contributed by atoms with E-state index in [0.29, 0.717) is 48.7 Å². The Kier molecular flexibility index (Phi) is 12.4. The zero-order valence-electron chi connectivity index (χ0n) is 34.1. The van der Waals surface area contributed by atoms with Crippen molar-refractivity contribution in [3.05, 3.63) is 65.4 Å². The molecule has 1 aliphatic carbocycles. The molecule has 1 atom stereocenters. The molecule has 0 bridgehead atoms. The Balaban J connectivity index is 1.35. The van der Waals surface area contributed by atoms with Gasteiger partial charge in [-0.1, -0.05) is 25.1 Å². The molecule has 17 heteroatoms. The van der Waals surface area contributed by atoms with E-state index in [1.807, 2.05) is 19.1 Å². The second-order valence-corrected chi connectivity index (χ2v) is 16.4. The quantitative estimate of drug-likeness (QED) is 0.175. The summed E-state index contributed by atoms with van der Waals surface area (Å²) < 4.78 is 52.5. The summed E-state index contributed by atoms with van der Waals surface area (Å²) in [7, 11) is 1.69. The number of aromatic nitrogens is 4. The SMILES string of the molecule is CCc1cc(-c2cc(NC(=O)C(C)c3cccc(C(F)(F)F)c3)nn2C)cc2cnc(N(C(=O)O)[C@H]3CC[C@H](N(C(=O)OC(C)(C)C)C(=O)OC(C)(C)C)CC3)nc12. The van der Waals surface area contributed by atoms with Crippen molar-refractivity contribution < 1.29 is 46.9 Å². The molecule has 1 fully saturated rings. The Hall–Kier alpha value is -5.74. The van der Waals surface area contributed by atoms with E-state index in [9.17, 15) is 37.5 Å². The molecule has 0 spiro atoms. The number of nitrogens with one attached hydrogen (secondary N) is 1. The minimum absolute atomic E-state index is 0.0116. The monoisotopic (exact) mass is 809 g/mol. The largest absolute Gasteiger partial charge is 0.465 e. The lowest BCUT2D eigenvalue weighted by atomic mass is 9.89. The van der Waals surface area contributed by atoms with E-state index in [-0.39, 0.29) is 17.3 Å². The maximum atomic E-state index is 13.3. The van der Waals surface area contributed by atoms with E-state index in [4.69, 9.17) is 14.5 Å². The van der Waals surface area contributed by atoms with Crippen LogP contribution in [0.5, 0.6) is 0 Å². The summed E-state index contributed by atoms with van der Waals surface area (Å²) in [4.78, 5) is 63.7. The summed E-state index contributed by atoms with van der Waals surface area (Å²) in [6.07, 6.45) is -4.19. The van der Waals surface area contributed by atoms with Crippen LogP contribution in [0.4, 0.5) is 39.3 Å². The smallest absolute Gasteiger partial charge is 0.420 e. The summed E-state index contributed by atoms with van der Waals surface area (Å²) in [6, 6.07) is 8.88. The van der Waals surface area contributed by atoms with Gasteiger partial charge in [-0.15, -0.1) is 0 Å². The average Bonchev–Trinajstić information content (AvgIpc) is 3.48. The highest BCUT2D eigenvalue weighted by atomic mass is 19.4. The number of carboxylic acid groups (broad SMARTS) is 1. The van der Waals surface area contributed by atoms with Crippen molar-refractivity contribution in [3.63, 3.8) is 0 Å². The molecule has 2 N–H and O–H groups in total. The van der Waals surface area contributed by atoms with Gasteiger partial charge >= 0.3 is 24.5 Å². The number of benzene rings is 2. The van der Waals surface area contributed by atoms with Crippen LogP contribution >= 0.6 is 0 Å². The molecule has 0 aliphatic heterocycles. The maximum absolute atomic E-state index is 13.3. The van der Waals surface area contributed by atoms with Gasteiger partial charge in [0, 0.05) is 42.3 Å². The number of rotatable bonds is 8. The van der Waals surface area contributed by atoms with Crippen molar-refractivity contribution in [1.29, 1.82) is 0 Å². The van der Waals surface area contributed by atoms with E-state index in [0.717, 1.165) is 33.1 Å². The summed E-state index contributed by atoms with van der Waals surface area (Å²) in [6.45, 7) is 13.6. The van der Waals surface area contributed by atoms with Gasteiger partial charge in [0.15, 0.2) is 5.82 Å². The second-order valence-electron chi connectivity index (χ2n) is 16.4. The van der Waals surface area contributed by atoms with Gasteiger partial charge in [0.1, 0.15) is 11.2 Å². The third kappa shape index (κ3) is 10.2. The molecule has 5 rings (SSSR count). The molecule has 0 radical (unpaired) electrons. The van der Waals surface area contributed by atoms with Crippen LogP contribution < -0.4 is 10.2 Å². The molecule has 1 saturated carbocycles.